The van der Waals surface area contributed by atoms with Gasteiger partial charge in [0.1, 0.15) is 0 Å². The predicted octanol–water partition coefficient (Wildman–Crippen LogP) is 3.59. The molecule has 1 amide bonds. The minimum atomic E-state index is 0.0969. The highest BCUT2D eigenvalue weighted by molar-refractivity contribution is 9.09. The summed E-state index contributed by atoms with van der Waals surface area (Å²) in [6.45, 7) is 0.985. The molecule has 1 aromatic carbocycles. The lowest BCUT2D eigenvalue weighted by Crippen LogP contribution is -2.42. The van der Waals surface area contributed by atoms with Crippen molar-refractivity contribution < 1.29 is 14.3 Å². The Morgan fingerprint density at radius 1 is 1.19 bits per heavy atom. The van der Waals surface area contributed by atoms with Crippen molar-refractivity contribution in [2.75, 3.05) is 18.7 Å². The molecule has 1 fully saturated rings. The van der Waals surface area contributed by atoms with E-state index in [9.17, 15) is 4.79 Å². The number of alkyl halides is 1. The Morgan fingerprint density at radius 3 is 2.71 bits per heavy atom. The summed E-state index contributed by atoms with van der Waals surface area (Å²) >= 11 is 3.47. The quantitative estimate of drug-likeness (QED) is 0.776. The molecule has 0 saturated heterocycles. The summed E-state index contributed by atoms with van der Waals surface area (Å²) in [7, 11) is 0. The van der Waals surface area contributed by atoms with Crippen LogP contribution in [0.3, 0.4) is 0 Å². The van der Waals surface area contributed by atoms with Gasteiger partial charge in [-0.3, -0.25) is 4.79 Å². The van der Waals surface area contributed by atoms with Crippen molar-refractivity contribution in [1.82, 2.24) is 4.90 Å². The van der Waals surface area contributed by atoms with E-state index in [0.717, 1.165) is 30.5 Å². The maximum Gasteiger partial charge on any atom is 0.254 e. The van der Waals surface area contributed by atoms with Crippen molar-refractivity contribution in [3.63, 3.8) is 0 Å². The third-order valence-electron chi connectivity index (χ3n) is 4.22. The van der Waals surface area contributed by atoms with Gasteiger partial charge in [0, 0.05) is 23.5 Å². The first-order valence-corrected chi connectivity index (χ1v) is 8.68. The average molecular weight is 354 g/mol. The largest absolute Gasteiger partial charge is 0.454 e. The van der Waals surface area contributed by atoms with Gasteiger partial charge in [0.15, 0.2) is 11.5 Å². The van der Waals surface area contributed by atoms with Gasteiger partial charge in [-0.25, -0.2) is 0 Å². The van der Waals surface area contributed by atoms with Crippen LogP contribution in [0.2, 0.25) is 0 Å². The maximum absolute atomic E-state index is 12.8. The summed E-state index contributed by atoms with van der Waals surface area (Å²) in [6.07, 6.45) is 5.96. The minimum absolute atomic E-state index is 0.0969. The smallest absolute Gasteiger partial charge is 0.254 e. The van der Waals surface area contributed by atoms with Gasteiger partial charge in [0.05, 0.1) is 0 Å². The maximum atomic E-state index is 12.8. The number of ether oxygens (including phenoxy) is 2. The summed E-state index contributed by atoms with van der Waals surface area (Å²) in [4.78, 5) is 14.9. The fourth-order valence-corrected chi connectivity index (χ4v) is 3.51. The summed E-state index contributed by atoms with van der Waals surface area (Å²) in [5.41, 5.74) is 0.686. The summed E-state index contributed by atoms with van der Waals surface area (Å²) < 4.78 is 10.7. The Hall–Kier alpha value is -1.23. The molecule has 1 heterocycles. The van der Waals surface area contributed by atoms with Crippen molar-refractivity contribution in [1.29, 1.82) is 0 Å². The molecule has 0 spiro atoms. The van der Waals surface area contributed by atoms with Gasteiger partial charge in [0.2, 0.25) is 6.79 Å². The van der Waals surface area contributed by atoms with E-state index in [-0.39, 0.29) is 12.7 Å². The topological polar surface area (TPSA) is 38.8 Å². The highest BCUT2D eigenvalue weighted by atomic mass is 79.9. The molecule has 0 N–H and O–H groups in total. The van der Waals surface area contributed by atoms with Crippen molar-refractivity contribution in [3.8, 4) is 11.5 Å². The zero-order valence-electron chi connectivity index (χ0n) is 12.0. The number of carbonyl (C=O) groups excluding carboxylic acids is 1. The highest BCUT2D eigenvalue weighted by Gasteiger charge is 2.27. The monoisotopic (exact) mass is 353 g/mol. The van der Waals surface area contributed by atoms with E-state index in [1.54, 1.807) is 6.07 Å². The summed E-state index contributed by atoms with van der Waals surface area (Å²) in [5, 5.41) is 0.805. The number of amides is 1. The number of hydrogen-bond acceptors (Lipinski definition) is 3. The van der Waals surface area contributed by atoms with Gasteiger partial charge in [-0.2, -0.15) is 0 Å². The molecular weight excluding hydrogens is 334 g/mol. The molecule has 1 aliphatic carbocycles. The third kappa shape index (κ3) is 3.18. The van der Waals surface area contributed by atoms with Crippen LogP contribution in [0, 0.1) is 0 Å². The second kappa shape index (κ2) is 6.69. The molecule has 0 radical (unpaired) electrons. The number of carbonyl (C=O) groups is 1. The predicted molar refractivity (Wildman–Crippen MR) is 84.3 cm³/mol. The van der Waals surface area contributed by atoms with Crippen LogP contribution in [0.1, 0.15) is 42.5 Å². The second-order valence-electron chi connectivity index (χ2n) is 5.55. The molecule has 3 rings (SSSR count). The molecule has 114 valence electrons. The number of fused-ring (bicyclic) bond motifs is 1. The van der Waals surface area contributed by atoms with Crippen LogP contribution >= 0.6 is 15.9 Å². The molecule has 1 saturated carbocycles. The Labute approximate surface area is 133 Å². The standard InChI is InChI=1S/C16H20BrNO3/c17-8-9-18(13-4-2-1-3-5-13)16(19)12-6-7-14-15(10-12)21-11-20-14/h6-7,10,13H,1-5,8-9,11H2. The van der Waals surface area contributed by atoms with E-state index in [0.29, 0.717) is 17.4 Å². The molecule has 1 aromatic rings. The molecule has 2 aliphatic rings. The first-order chi connectivity index (χ1) is 10.3. The van der Waals surface area contributed by atoms with Gasteiger partial charge in [-0.1, -0.05) is 35.2 Å². The van der Waals surface area contributed by atoms with E-state index >= 15 is 0 Å². The molecule has 4 nitrogen and oxygen atoms in total. The van der Waals surface area contributed by atoms with Gasteiger partial charge in [-0.15, -0.1) is 0 Å². The van der Waals surface area contributed by atoms with E-state index in [2.05, 4.69) is 15.9 Å². The molecule has 0 unspecified atom stereocenters. The molecule has 5 heteroatoms. The van der Waals surface area contributed by atoms with Gasteiger partial charge >= 0.3 is 0 Å². The summed E-state index contributed by atoms with van der Waals surface area (Å²) in [6, 6.07) is 5.83. The molecule has 0 atom stereocenters. The van der Waals surface area contributed by atoms with Crippen LogP contribution in [0.25, 0.3) is 0 Å². The fourth-order valence-electron chi connectivity index (χ4n) is 3.13. The molecule has 1 aliphatic heterocycles. The summed E-state index contributed by atoms with van der Waals surface area (Å²) in [5.74, 6) is 1.49. The van der Waals surface area contributed by atoms with Crippen molar-refractivity contribution >= 4 is 21.8 Å². The van der Waals surface area contributed by atoms with E-state index < -0.39 is 0 Å². The molecule has 21 heavy (non-hydrogen) atoms. The SMILES string of the molecule is O=C(c1ccc2c(c1)OCO2)N(CCBr)C1CCCCC1. The van der Waals surface area contributed by atoms with Crippen molar-refractivity contribution in [2.24, 2.45) is 0 Å². The first-order valence-electron chi connectivity index (χ1n) is 7.56. The molecular formula is C16H20BrNO3. The second-order valence-corrected chi connectivity index (χ2v) is 6.34. The Bertz CT molecular complexity index is 514. The van der Waals surface area contributed by atoms with Crippen LogP contribution < -0.4 is 9.47 Å². The Morgan fingerprint density at radius 2 is 1.95 bits per heavy atom. The zero-order valence-corrected chi connectivity index (χ0v) is 13.6. The van der Waals surface area contributed by atoms with Gasteiger partial charge in [0.25, 0.3) is 5.91 Å². The van der Waals surface area contributed by atoms with E-state index in [1.165, 1.54) is 19.3 Å². The normalized spacial score (nSPS) is 17.8. The van der Waals surface area contributed by atoms with Crippen LogP contribution in [-0.2, 0) is 0 Å². The Kier molecular flexibility index (Phi) is 4.68. The fraction of sp³-hybridized carbons (Fsp3) is 0.562. The van der Waals surface area contributed by atoms with Crippen molar-refractivity contribution in [2.45, 2.75) is 38.1 Å². The lowest BCUT2D eigenvalue weighted by molar-refractivity contribution is 0.0650. The van der Waals surface area contributed by atoms with Crippen molar-refractivity contribution in [3.05, 3.63) is 23.8 Å². The third-order valence-corrected chi connectivity index (χ3v) is 4.58. The van der Waals surface area contributed by atoms with Gasteiger partial charge in [-0.05, 0) is 31.0 Å². The number of hydrogen-bond donors (Lipinski definition) is 0. The number of benzene rings is 1. The lowest BCUT2D eigenvalue weighted by Gasteiger charge is -2.34. The molecule has 0 aromatic heterocycles. The van der Waals surface area contributed by atoms with Gasteiger partial charge < -0.3 is 14.4 Å². The van der Waals surface area contributed by atoms with Crippen LogP contribution in [0.5, 0.6) is 11.5 Å². The van der Waals surface area contributed by atoms with Crippen LogP contribution in [0.4, 0.5) is 0 Å². The number of halogens is 1. The average Bonchev–Trinajstić information content (AvgIpc) is 3.00. The minimum Gasteiger partial charge on any atom is -0.454 e. The van der Waals surface area contributed by atoms with Crippen LogP contribution in [-0.4, -0.2) is 35.5 Å². The Balaban J connectivity index is 1.79. The lowest BCUT2D eigenvalue weighted by atomic mass is 9.93. The highest BCUT2D eigenvalue weighted by Crippen LogP contribution is 2.33. The number of nitrogens with zero attached hydrogens (tertiary/aromatic N) is 1. The van der Waals surface area contributed by atoms with Crippen LogP contribution in [0.15, 0.2) is 18.2 Å². The zero-order chi connectivity index (χ0) is 14.7. The number of rotatable bonds is 4. The molecule has 0 bridgehead atoms. The van der Waals surface area contributed by atoms with E-state index in [1.807, 2.05) is 17.0 Å². The van der Waals surface area contributed by atoms with E-state index in [4.69, 9.17) is 9.47 Å². The first kappa shape index (κ1) is 14.7.